The number of rotatable bonds is 4. The van der Waals surface area contributed by atoms with Gasteiger partial charge in [0.25, 0.3) is 5.56 Å². The molecule has 0 saturated carbocycles. The molecule has 138 valence electrons. The molecular weight excluding hydrogens is 370 g/mol. The fourth-order valence-electron chi connectivity index (χ4n) is 3.16. The summed E-state index contributed by atoms with van der Waals surface area (Å²) in [7, 11) is 1.63. The molecule has 2 heterocycles. The minimum atomic E-state index is -0.0565. The topological polar surface area (TPSA) is 67.9 Å². The maximum atomic E-state index is 13.3. The summed E-state index contributed by atoms with van der Waals surface area (Å²) in [6.45, 7) is 2.26. The number of nitriles is 1. The number of hydrogen-bond acceptors (Lipinski definition) is 5. The third kappa shape index (κ3) is 3.17. The smallest absolute Gasteiger partial charge is 0.263 e. The summed E-state index contributed by atoms with van der Waals surface area (Å²) in [6.07, 6.45) is 0. The van der Waals surface area contributed by atoms with Gasteiger partial charge in [0.05, 0.1) is 30.7 Å². The van der Waals surface area contributed by atoms with Gasteiger partial charge in [-0.05, 0) is 42.3 Å². The Balaban J connectivity index is 1.81. The molecule has 0 spiro atoms. The van der Waals surface area contributed by atoms with Crippen LogP contribution in [0.1, 0.15) is 17.0 Å². The fourth-order valence-corrected chi connectivity index (χ4v) is 4.15. The summed E-state index contributed by atoms with van der Waals surface area (Å²) in [4.78, 5) is 18.7. The Hall–Kier alpha value is -3.43. The lowest BCUT2D eigenvalue weighted by atomic mass is 10.1. The summed E-state index contributed by atoms with van der Waals surface area (Å²) < 4.78 is 6.90. The van der Waals surface area contributed by atoms with E-state index in [1.54, 1.807) is 23.8 Å². The first kappa shape index (κ1) is 18.0. The molecule has 0 aliphatic carbocycles. The Morgan fingerprint density at radius 2 is 1.86 bits per heavy atom. The Morgan fingerprint density at radius 1 is 1.14 bits per heavy atom. The summed E-state index contributed by atoms with van der Waals surface area (Å²) >= 11 is 1.48. The number of fused-ring (bicyclic) bond motifs is 1. The van der Waals surface area contributed by atoms with E-state index in [1.807, 2.05) is 48.7 Å². The molecule has 0 aliphatic heterocycles. The van der Waals surface area contributed by atoms with Crippen LogP contribution in [0.5, 0.6) is 5.75 Å². The molecule has 0 unspecified atom stereocenters. The van der Waals surface area contributed by atoms with Crippen LogP contribution in [-0.2, 0) is 6.54 Å². The first-order chi connectivity index (χ1) is 13.6. The highest BCUT2D eigenvalue weighted by Crippen LogP contribution is 2.32. The number of methoxy groups -OCH3 is 1. The van der Waals surface area contributed by atoms with Crippen LogP contribution < -0.4 is 10.3 Å². The van der Waals surface area contributed by atoms with Crippen molar-refractivity contribution in [3.63, 3.8) is 0 Å². The Bertz CT molecular complexity index is 1250. The van der Waals surface area contributed by atoms with Crippen LogP contribution >= 0.6 is 11.3 Å². The SMILES string of the molecule is COc1ccc(-c2csc3nc(C)n(Cc4ccc(C#N)cc4)c(=O)c23)cc1. The molecule has 0 saturated heterocycles. The van der Waals surface area contributed by atoms with E-state index in [4.69, 9.17) is 10.00 Å². The van der Waals surface area contributed by atoms with Crippen molar-refractivity contribution < 1.29 is 4.74 Å². The van der Waals surface area contributed by atoms with Crippen LogP contribution in [0.4, 0.5) is 0 Å². The standard InChI is InChI=1S/C22H17N3O2S/c1-14-24-21-20(19(13-28-21)17-7-9-18(27-2)10-8-17)22(26)25(14)12-16-5-3-15(11-23)4-6-16/h3-10,13H,12H2,1-2H3. The average molecular weight is 387 g/mol. The second kappa shape index (κ2) is 7.29. The van der Waals surface area contributed by atoms with Crippen LogP contribution in [0.25, 0.3) is 21.3 Å². The van der Waals surface area contributed by atoms with Crippen molar-refractivity contribution in [1.29, 1.82) is 5.26 Å². The van der Waals surface area contributed by atoms with Crippen molar-refractivity contribution >= 4 is 21.6 Å². The van der Waals surface area contributed by atoms with E-state index in [0.717, 1.165) is 27.3 Å². The molecule has 0 fully saturated rings. The Kier molecular flexibility index (Phi) is 4.68. The van der Waals surface area contributed by atoms with Gasteiger partial charge in [-0.1, -0.05) is 24.3 Å². The van der Waals surface area contributed by atoms with Crippen LogP contribution in [-0.4, -0.2) is 16.7 Å². The number of aryl methyl sites for hydroxylation is 1. The highest BCUT2D eigenvalue weighted by atomic mass is 32.1. The predicted molar refractivity (Wildman–Crippen MR) is 111 cm³/mol. The fraction of sp³-hybridized carbons (Fsp3) is 0.136. The van der Waals surface area contributed by atoms with Crippen LogP contribution in [0.2, 0.25) is 0 Å². The normalized spacial score (nSPS) is 10.8. The molecule has 0 radical (unpaired) electrons. The van der Waals surface area contributed by atoms with Gasteiger partial charge in [-0.25, -0.2) is 4.98 Å². The van der Waals surface area contributed by atoms with Crippen molar-refractivity contribution in [1.82, 2.24) is 9.55 Å². The monoisotopic (exact) mass is 387 g/mol. The molecular formula is C22H17N3O2S. The van der Waals surface area contributed by atoms with Crippen molar-refractivity contribution in [2.24, 2.45) is 0 Å². The zero-order valence-corrected chi connectivity index (χ0v) is 16.3. The number of nitrogens with zero attached hydrogens (tertiary/aromatic N) is 3. The van der Waals surface area contributed by atoms with Crippen LogP contribution in [0.15, 0.2) is 58.7 Å². The molecule has 2 aromatic carbocycles. The van der Waals surface area contributed by atoms with Crippen LogP contribution in [0, 0.1) is 18.3 Å². The lowest BCUT2D eigenvalue weighted by Gasteiger charge is -2.10. The van der Waals surface area contributed by atoms with Gasteiger partial charge in [0, 0.05) is 10.9 Å². The summed E-state index contributed by atoms with van der Waals surface area (Å²) in [5.41, 5.74) is 3.33. The molecule has 0 atom stereocenters. The minimum absolute atomic E-state index is 0.0565. The van der Waals surface area contributed by atoms with Gasteiger partial charge in [-0.15, -0.1) is 11.3 Å². The maximum absolute atomic E-state index is 13.3. The summed E-state index contributed by atoms with van der Waals surface area (Å²) in [5, 5.41) is 11.6. The van der Waals surface area contributed by atoms with E-state index in [9.17, 15) is 4.79 Å². The molecule has 5 nitrogen and oxygen atoms in total. The summed E-state index contributed by atoms with van der Waals surface area (Å²) in [5.74, 6) is 1.44. The van der Waals surface area contributed by atoms with E-state index < -0.39 is 0 Å². The van der Waals surface area contributed by atoms with Gasteiger partial charge in [0.1, 0.15) is 16.4 Å². The largest absolute Gasteiger partial charge is 0.497 e. The molecule has 0 N–H and O–H groups in total. The number of aromatic nitrogens is 2. The third-order valence-electron chi connectivity index (χ3n) is 4.71. The number of ether oxygens (including phenoxy) is 1. The molecule has 6 heteroatoms. The maximum Gasteiger partial charge on any atom is 0.263 e. The molecule has 0 aliphatic rings. The highest BCUT2D eigenvalue weighted by Gasteiger charge is 2.15. The average Bonchev–Trinajstić information content (AvgIpc) is 3.15. The predicted octanol–water partition coefficient (Wildman–Crippen LogP) is 4.36. The van der Waals surface area contributed by atoms with E-state index in [1.165, 1.54) is 11.3 Å². The summed E-state index contributed by atoms with van der Waals surface area (Å²) in [6, 6.07) is 17.0. The quantitative estimate of drug-likeness (QED) is 0.522. The molecule has 4 aromatic rings. The van der Waals surface area contributed by atoms with E-state index in [-0.39, 0.29) is 5.56 Å². The lowest BCUT2D eigenvalue weighted by Crippen LogP contribution is -2.24. The number of thiophene rings is 1. The van der Waals surface area contributed by atoms with E-state index >= 15 is 0 Å². The molecule has 4 rings (SSSR count). The first-order valence-corrected chi connectivity index (χ1v) is 9.61. The van der Waals surface area contributed by atoms with Gasteiger partial charge >= 0.3 is 0 Å². The number of benzene rings is 2. The Labute approximate surface area is 166 Å². The molecule has 0 bridgehead atoms. The molecule has 2 aromatic heterocycles. The van der Waals surface area contributed by atoms with Gasteiger partial charge in [-0.3, -0.25) is 9.36 Å². The van der Waals surface area contributed by atoms with Crippen molar-refractivity contribution in [2.45, 2.75) is 13.5 Å². The van der Waals surface area contributed by atoms with Gasteiger partial charge in [0.15, 0.2) is 0 Å². The first-order valence-electron chi connectivity index (χ1n) is 8.73. The third-order valence-corrected chi connectivity index (χ3v) is 5.58. The van der Waals surface area contributed by atoms with Crippen molar-refractivity contribution in [3.05, 3.63) is 81.2 Å². The lowest BCUT2D eigenvalue weighted by molar-refractivity contribution is 0.415. The Morgan fingerprint density at radius 3 is 2.50 bits per heavy atom. The second-order valence-electron chi connectivity index (χ2n) is 6.42. The van der Waals surface area contributed by atoms with E-state index in [2.05, 4.69) is 11.1 Å². The highest BCUT2D eigenvalue weighted by molar-refractivity contribution is 7.17. The zero-order chi connectivity index (χ0) is 19.7. The van der Waals surface area contributed by atoms with Gasteiger partial charge < -0.3 is 4.74 Å². The zero-order valence-electron chi connectivity index (χ0n) is 15.5. The van der Waals surface area contributed by atoms with Gasteiger partial charge in [0.2, 0.25) is 0 Å². The van der Waals surface area contributed by atoms with Crippen LogP contribution in [0.3, 0.4) is 0 Å². The molecule has 28 heavy (non-hydrogen) atoms. The van der Waals surface area contributed by atoms with Gasteiger partial charge in [-0.2, -0.15) is 5.26 Å². The van der Waals surface area contributed by atoms with Crippen molar-refractivity contribution in [3.8, 4) is 22.9 Å². The van der Waals surface area contributed by atoms with Crippen molar-refractivity contribution in [2.75, 3.05) is 7.11 Å². The minimum Gasteiger partial charge on any atom is -0.497 e. The molecule has 0 amide bonds. The second-order valence-corrected chi connectivity index (χ2v) is 7.28. The van der Waals surface area contributed by atoms with E-state index in [0.29, 0.717) is 23.3 Å². The number of hydrogen-bond donors (Lipinski definition) is 0.